The van der Waals surface area contributed by atoms with E-state index in [1.165, 1.54) is 22.4 Å². The third kappa shape index (κ3) is 8.40. The van der Waals surface area contributed by atoms with Crippen molar-refractivity contribution >= 4 is 55.1 Å². The number of nitrogens with zero attached hydrogens (tertiary/aromatic N) is 2. The SMILES string of the molecule is CCNC(=O)[C@@H](C)N(Cc1ccc(Br)cc1)C(=O)CCCN(c1ccc(OC)c(Cl)c1)S(C)(=O)=O. The van der Waals surface area contributed by atoms with Crippen molar-refractivity contribution in [2.75, 3.05) is 30.8 Å². The van der Waals surface area contributed by atoms with E-state index in [-0.39, 0.29) is 42.8 Å². The van der Waals surface area contributed by atoms with Gasteiger partial charge in [0.1, 0.15) is 11.8 Å². The number of likely N-dealkylation sites (N-methyl/N-ethyl adjacent to an activating group) is 1. The van der Waals surface area contributed by atoms with Gasteiger partial charge in [0.2, 0.25) is 21.8 Å². The fraction of sp³-hybridized carbons (Fsp3) is 0.417. The number of methoxy groups -OCH3 is 1. The molecule has 2 amide bonds. The monoisotopic (exact) mass is 587 g/mol. The first kappa shape index (κ1) is 28.9. The number of nitrogens with one attached hydrogen (secondary N) is 1. The van der Waals surface area contributed by atoms with Crippen molar-refractivity contribution in [3.63, 3.8) is 0 Å². The number of sulfonamides is 1. The van der Waals surface area contributed by atoms with E-state index in [0.717, 1.165) is 16.3 Å². The van der Waals surface area contributed by atoms with Gasteiger partial charge in [0, 0.05) is 30.5 Å². The molecule has 0 bridgehead atoms. The number of halogens is 2. The lowest BCUT2D eigenvalue weighted by molar-refractivity contribution is -0.140. The summed E-state index contributed by atoms with van der Waals surface area (Å²) in [4.78, 5) is 27.2. The van der Waals surface area contributed by atoms with Gasteiger partial charge in [-0.2, -0.15) is 0 Å². The third-order valence-corrected chi connectivity index (χ3v) is 7.38. The minimum atomic E-state index is -3.62. The Bertz CT molecular complexity index is 1130. The van der Waals surface area contributed by atoms with Crippen LogP contribution in [0.5, 0.6) is 5.75 Å². The van der Waals surface area contributed by atoms with Crippen molar-refractivity contribution < 1.29 is 22.7 Å². The normalized spacial score (nSPS) is 12.1. The quantitative estimate of drug-likeness (QED) is 0.401. The summed E-state index contributed by atoms with van der Waals surface area (Å²) < 4.78 is 32.1. The molecule has 11 heteroatoms. The molecule has 1 atom stereocenters. The maximum Gasteiger partial charge on any atom is 0.242 e. The fourth-order valence-corrected chi connectivity index (χ4v) is 4.98. The second-order valence-electron chi connectivity index (χ2n) is 7.98. The standard InChI is InChI=1S/C24H31BrClN3O5S/c1-5-27-24(31)17(2)28(16-18-8-10-19(25)11-9-18)23(30)7-6-14-29(35(4,32)33)20-12-13-22(34-3)21(26)15-20/h8-13,15,17H,5-7,14,16H2,1-4H3,(H,27,31)/t17-/m1/s1. The molecule has 0 fully saturated rings. The first-order valence-electron chi connectivity index (χ1n) is 11.1. The molecule has 0 spiro atoms. The Morgan fingerprint density at radius 1 is 1.17 bits per heavy atom. The largest absolute Gasteiger partial charge is 0.495 e. The Balaban J connectivity index is 2.17. The predicted octanol–water partition coefficient (Wildman–Crippen LogP) is 4.21. The Labute approximate surface area is 220 Å². The molecule has 2 rings (SSSR count). The number of ether oxygens (including phenoxy) is 1. The van der Waals surface area contributed by atoms with Gasteiger partial charge in [-0.1, -0.05) is 39.7 Å². The second-order valence-corrected chi connectivity index (χ2v) is 11.2. The second kappa shape index (κ2) is 13.1. The van der Waals surface area contributed by atoms with E-state index in [1.54, 1.807) is 19.1 Å². The van der Waals surface area contributed by atoms with Gasteiger partial charge in [0.15, 0.2) is 0 Å². The smallest absolute Gasteiger partial charge is 0.242 e. The van der Waals surface area contributed by atoms with Crippen LogP contribution in [0.15, 0.2) is 46.9 Å². The predicted molar refractivity (Wildman–Crippen MR) is 142 cm³/mol. The lowest BCUT2D eigenvalue weighted by atomic mass is 10.1. The van der Waals surface area contributed by atoms with Crippen molar-refractivity contribution in [1.29, 1.82) is 0 Å². The summed E-state index contributed by atoms with van der Waals surface area (Å²) in [6.45, 7) is 4.29. The highest BCUT2D eigenvalue weighted by Gasteiger charge is 2.26. The van der Waals surface area contributed by atoms with Gasteiger partial charge in [0.25, 0.3) is 0 Å². The summed E-state index contributed by atoms with van der Waals surface area (Å²) in [5.74, 6) is -0.0570. The van der Waals surface area contributed by atoms with Crippen molar-refractivity contribution in [2.24, 2.45) is 0 Å². The number of anilines is 1. The van der Waals surface area contributed by atoms with Gasteiger partial charge in [-0.3, -0.25) is 13.9 Å². The van der Waals surface area contributed by atoms with Gasteiger partial charge in [0.05, 0.1) is 24.1 Å². The molecule has 2 aromatic rings. The van der Waals surface area contributed by atoms with Gasteiger partial charge in [-0.05, 0) is 56.2 Å². The highest BCUT2D eigenvalue weighted by molar-refractivity contribution is 9.10. The summed E-state index contributed by atoms with van der Waals surface area (Å²) >= 11 is 9.57. The molecule has 0 radical (unpaired) electrons. The number of benzene rings is 2. The van der Waals surface area contributed by atoms with Crippen molar-refractivity contribution in [3.8, 4) is 5.75 Å². The van der Waals surface area contributed by atoms with Gasteiger partial charge in [-0.25, -0.2) is 8.42 Å². The van der Waals surface area contributed by atoms with Crippen LogP contribution < -0.4 is 14.4 Å². The van der Waals surface area contributed by atoms with Crippen LogP contribution >= 0.6 is 27.5 Å². The number of hydrogen-bond donors (Lipinski definition) is 1. The lowest BCUT2D eigenvalue weighted by Crippen LogP contribution is -2.47. The first-order chi connectivity index (χ1) is 16.5. The van der Waals surface area contributed by atoms with Crippen LogP contribution in [0, 0.1) is 0 Å². The fourth-order valence-electron chi connectivity index (χ4n) is 3.51. The number of rotatable bonds is 12. The van der Waals surface area contributed by atoms with Crippen LogP contribution in [0.3, 0.4) is 0 Å². The van der Waals surface area contributed by atoms with E-state index >= 15 is 0 Å². The van der Waals surface area contributed by atoms with E-state index in [1.807, 2.05) is 31.2 Å². The summed E-state index contributed by atoms with van der Waals surface area (Å²) in [5, 5.41) is 3.04. The van der Waals surface area contributed by atoms with Crippen molar-refractivity contribution in [3.05, 3.63) is 57.5 Å². The highest BCUT2D eigenvalue weighted by Crippen LogP contribution is 2.30. The number of hydrogen-bond acceptors (Lipinski definition) is 5. The summed E-state index contributed by atoms with van der Waals surface area (Å²) in [7, 11) is -2.15. The summed E-state index contributed by atoms with van der Waals surface area (Å²) in [6, 6.07) is 11.5. The van der Waals surface area contributed by atoms with E-state index in [9.17, 15) is 18.0 Å². The minimum absolute atomic E-state index is 0.0657. The number of amides is 2. The van der Waals surface area contributed by atoms with Gasteiger partial charge >= 0.3 is 0 Å². The molecule has 8 nitrogen and oxygen atoms in total. The number of carbonyl (C=O) groups is 2. The van der Waals surface area contributed by atoms with Crippen LogP contribution in [0.2, 0.25) is 5.02 Å². The molecule has 192 valence electrons. The molecule has 0 saturated carbocycles. The Morgan fingerprint density at radius 3 is 2.37 bits per heavy atom. The molecule has 1 N–H and O–H groups in total. The average Bonchev–Trinajstić information content (AvgIpc) is 2.80. The number of carbonyl (C=O) groups excluding carboxylic acids is 2. The van der Waals surface area contributed by atoms with Crippen LogP contribution in [-0.2, 0) is 26.2 Å². The van der Waals surface area contributed by atoms with Gasteiger partial charge < -0.3 is 15.0 Å². The summed E-state index contributed by atoms with van der Waals surface area (Å²) in [6.07, 6.45) is 1.43. The summed E-state index contributed by atoms with van der Waals surface area (Å²) in [5.41, 5.74) is 1.26. The zero-order valence-electron chi connectivity index (χ0n) is 20.3. The molecule has 0 unspecified atom stereocenters. The van der Waals surface area contributed by atoms with E-state index < -0.39 is 16.1 Å². The van der Waals surface area contributed by atoms with Crippen molar-refractivity contribution in [1.82, 2.24) is 10.2 Å². The molecule has 0 saturated heterocycles. The first-order valence-corrected chi connectivity index (χ1v) is 14.1. The molecule has 0 aliphatic heterocycles. The molecule has 0 aromatic heterocycles. The Hall–Kier alpha value is -2.30. The topological polar surface area (TPSA) is 96.0 Å². The zero-order valence-corrected chi connectivity index (χ0v) is 23.4. The van der Waals surface area contributed by atoms with Crippen LogP contribution in [0.1, 0.15) is 32.3 Å². The molecule has 2 aromatic carbocycles. The van der Waals surface area contributed by atoms with Crippen LogP contribution in [-0.4, -0.2) is 57.6 Å². The third-order valence-electron chi connectivity index (χ3n) is 5.36. The van der Waals surface area contributed by atoms with E-state index in [0.29, 0.717) is 18.0 Å². The molecule has 35 heavy (non-hydrogen) atoms. The molecular weight excluding hydrogens is 558 g/mol. The van der Waals surface area contributed by atoms with Crippen molar-refractivity contribution in [2.45, 2.75) is 39.3 Å². The maximum atomic E-state index is 13.2. The maximum absolute atomic E-state index is 13.2. The Morgan fingerprint density at radius 2 is 1.83 bits per heavy atom. The molecular formula is C24H31BrClN3O5S. The molecule has 0 aliphatic carbocycles. The lowest BCUT2D eigenvalue weighted by Gasteiger charge is -2.29. The average molecular weight is 589 g/mol. The van der Waals surface area contributed by atoms with E-state index in [4.69, 9.17) is 16.3 Å². The molecule has 0 aliphatic rings. The van der Waals surface area contributed by atoms with E-state index in [2.05, 4.69) is 21.2 Å². The Kier molecular flexibility index (Phi) is 10.9. The molecule has 0 heterocycles. The van der Waals surface area contributed by atoms with Crippen LogP contribution in [0.25, 0.3) is 0 Å². The van der Waals surface area contributed by atoms with Crippen LogP contribution in [0.4, 0.5) is 5.69 Å². The zero-order chi connectivity index (χ0) is 26.2. The van der Waals surface area contributed by atoms with Gasteiger partial charge in [-0.15, -0.1) is 0 Å². The minimum Gasteiger partial charge on any atom is -0.495 e. The highest BCUT2D eigenvalue weighted by atomic mass is 79.9.